The maximum absolute atomic E-state index is 12.3. The van der Waals surface area contributed by atoms with Gasteiger partial charge in [-0.05, 0) is 30.7 Å². The first-order valence-electron chi connectivity index (χ1n) is 7.29. The first-order valence-corrected chi connectivity index (χ1v) is 7.29. The molecule has 0 radical (unpaired) electrons. The van der Waals surface area contributed by atoms with Gasteiger partial charge in [0.25, 0.3) is 5.91 Å². The average Bonchev–Trinajstić information content (AvgIpc) is 3.00. The standard InChI is InChI=1S/C17H18N2O3/c1-12-3-2-4-14(9-12)19-17(20)13-5-7-18-16(10-13)22-15-6-8-21-11-15/h2-5,7,9-10,15H,6,8,11H2,1H3,(H,19,20)/t15-/m1/s1. The molecule has 2 heterocycles. The molecule has 1 aliphatic rings. The highest BCUT2D eigenvalue weighted by Gasteiger charge is 2.18. The molecule has 5 heteroatoms. The van der Waals surface area contributed by atoms with Crippen LogP contribution in [0.5, 0.6) is 5.88 Å². The third kappa shape index (κ3) is 3.62. The number of nitrogens with one attached hydrogen (secondary N) is 1. The number of pyridine rings is 1. The summed E-state index contributed by atoms with van der Waals surface area (Å²) in [5.74, 6) is 0.271. The fourth-order valence-corrected chi connectivity index (χ4v) is 2.32. The smallest absolute Gasteiger partial charge is 0.255 e. The van der Waals surface area contributed by atoms with Gasteiger partial charge in [-0.3, -0.25) is 4.79 Å². The average molecular weight is 298 g/mol. The SMILES string of the molecule is Cc1cccc(NC(=O)c2ccnc(O[C@@H]3CCOC3)c2)c1. The molecule has 1 aromatic carbocycles. The maximum Gasteiger partial charge on any atom is 0.255 e. The normalized spacial score (nSPS) is 17.2. The van der Waals surface area contributed by atoms with Crippen LogP contribution in [0, 0.1) is 6.92 Å². The fourth-order valence-electron chi connectivity index (χ4n) is 2.32. The van der Waals surface area contributed by atoms with Gasteiger partial charge in [0, 0.05) is 29.9 Å². The van der Waals surface area contributed by atoms with Crippen molar-refractivity contribution in [2.45, 2.75) is 19.4 Å². The van der Waals surface area contributed by atoms with E-state index in [1.54, 1.807) is 18.3 Å². The molecule has 0 bridgehead atoms. The van der Waals surface area contributed by atoms with Crippen molar-refractivity contribution in [2.75, 3.05) is 18.5 Å². The molecule has 0 unspecified atom stereocenters. The summed E-state index contributed by atoms with van der Waals surface area (Å²) in [6.07, 6.45) is 2.44. The fraction of sp³-hybridized carbons (Fsp3) is 0.294. The van der Waals surface area contributed by atoms with Crippen LogP contribution in [0.15, 0.2) is 42.6 Å². The van der Waals surface area contributed by atoms with E-state index in [-0.39, 0.29) is 12.0 Å². The molecule has 114 valence electrons. The van der Waals surface area contributed by atoms with Crippen LogP contribution in [0.4, 0.5) is 5.69 Å². The van der Waals surface area contributed by atoms with Gasteiger partial charge in [-0.25, -0.2) is 4.98 Å². The molecular weight excluding hydrogens is 280 g/mol. The number of carbonyl (C=O) groups excluding carboxylic acids is 1. The third-order valence-electron chi connectivity index (χ3n) is 3.45. The zero-order chi connectivity index (χ0) is 15.4. The van der Waals surface area contributed by atoms with Gasteiger partial charge in [-0.1, -0.05) is 12.1 Å². The summed E-state index contributed by atoms with van der Waals surface area (Å²) in [4.78, 5) is 16.4. The van der Waals surface area contributed by atoms with Crippen molar-refractivity contribution >= 4 is 11.6 Å². The number of carbonyl (C=O) groups is 1. The van der Waals surface area contributed by atoms with Crippen LogP contribution in [0.2, 0.25) is 0 Å². The van der Waals surface area contributed by atoms with E-state index in [9.17, 15) is 4.79 Å². The second kappa shape index (κ2) is 6.58. The van der Waals surface area contributed by atoms with Gasteiger partial charge < -0.3 is 14.8 Å². The minimum absolute atomic E-state index is 0.0163. The Morgan fingerprint density at radius 2 is 2.27 bits per heavy atom. The van der Waals surface area contributed by atoms with Crippen molar-refractivity contribution < 1.29 is 14.3 Å². The summed E-state index contributed by atoms with van der Waals surface area (Å²) in [5, 5.41) is 2.87. The molecule has 1 fully saturated rings. The highest BCUT2D eigenvalue weighted by atomic mass is 16.5. The first-order chi connectivity index (χ1) is 10.7. The second-order valence-electron chi connectivity index (χ2n) is 5.31. The van der Waals surface area contributed by atoms with Crippen LogP contribution >= 0.6 is 0 Å². The predicted molar refractivity (Wildman–Crippen MR) is 83.2 cm³/mol. The first kappa shape index (κ1) is 14.5. The molecule has 1 atom stereocenters. The van der Waals surface area contributed by atoms with Crippen molar-refractivity contribution in [3.05, 3.63) is 53.7 Å². The van der Waals surface area contributed by atoms with Crippen molar-refractivity contribution in [1.82, 2.24) is 4.98 Å². The monoisotopic (exact) mass is 298 g/mol. The zero-order valence-electron chi connectivity index (χ0n) is 12.4. The second-order valence-corrected chi connectivity index (χ2v) is 5.31. The number of hydrogen-bond acceptors (Lipinski definition) is 4. The van der Waals surface area contributed by atoms with Crippen molar-refractivity contribution in [3.8, 4) is 5.88 Å². The number of ether oxygens (including phenoxy) is 2. The number of anilines is 1. The Morgan fingerprint density at radius 1 is 1.36 bits per heavy atom. The van der Waals surface area contributed by atoms with Gasteiger partial charge in [-0.15, -0.1) is 0 Å². The highest BCUT2D eigenvalue weighted by molar-refractivity contribution is 6.04. The van der Waals surface area contributed by atoms with E-state index in [0.717, 1.165) is 17.7 Å². The lowest BCUT2D eigenvalue weighted by molar-refractivity contribution is 0.102. The molecule has 2 aromatic rings. The van der Waals surface area contributed by atoms with E-state index in [2.05, 4.69) is 10.3 Å². The molecule has 0 spiro atoms. The van der Waals surface area contributed by atoms with Gasteiger partial charge in [0.05, 0.1) is 13.2 Å². The zero-order valence-corrected chi connectivity index (χ0v) is 12.4. The quantitative estimate of drug-likeness (QED) is 0.943. The van der Waals surface area contributed by atoms with Crippen molar-refractivity contribution in [1.29, 1.82) is 0 Å². The summed E-state index contributed by atoms with van der Waals surface area (Å²) in [6, 6.07) is 11.0. The van der Waals surface area contributed by atoms with E-state index < -0.39 is 0 Å². The Balaban J connectivity index is 1.69. The lowest BCUT2D eigenvalue weighted by Gasteiger charge is -2.11. The van der Waals surface area contributed by atoms with E-state index in [0.29, 0.717) is 24.7 Å². The van der Waals surface area contributed by atoms with Crippen LogP contribution in [-0.4, -0.2) is 30.2 Å². The summed E-state index contributed by atoms with van der Waals surface area (Å²) < 4.78 is 11.0. The van der Waals surface area contributed by atoms with Crippen LogP contribution < -0.4 is 10.1 Å². The molecule has 1 N–H and O–H groups in total. The molecule has 1 aromatic heterocycles. The Kier molecular flexibility index (Phi) is 4.34. The number of hydrogen-bond donors (Lipinski definition) is 1. The summed E-state index contributed by atoms with van der Waals surface area (Å²) in [6.45, 7) is 3.26. The number of rotatable bonds is 4. The lowest BCUT2D eigenvalue weighted by atomic mass is 10.2. The summed E-state index contributed by atoms with van der Waals surface area (Å²) >= 11 is 0. The highest BCUT2D eigenvalue weighted by Crippen LogP contribution is 2.17. The largest absolute Gasteiger partial charge is 0.472 e. The van der Waals surface area contributed by atoms with Crippen molar-refractivity contribution in [3.63, 3.8) is 0 Å². The van der Waals surface area contributed by atoms with Crippen LogP contribution in [-0.2, 0) is 4.74 Å². The molecule has 1 aliphatic heterocycles. The Morgan fingerprint density at radius 3 is 3.05 bits per heavy atom. The van der Waals surface area contributed by atoms with Gasteiger partial charge in [0.1, 0.15) is 6.10 Å². The minimum Gasteiger partial charge on any atom is -0.472 e. The Hall–Kier alpha value is -2.40. The van der Waals surface area contributed by atoms with Crippen LogP contribution in [0.25, 0.3) is 0 Å². The topological polar surface area (TPSA) is 60.5 Å². The van der Waals surface area contributed by atoms with E-state index >= 15 is 0 Å². The number of nitrogens with zero attached hydrogens (tertiary/aromatic N) is 1. The predicted octanol–water partition coefficient (Wildman–Crippen LogP) is 2.81. The summed E-state index contributed by atoms with van der Waals surface area (Å²) in [7, 11) is 0. The Labute approximate surface area is 129 Å². The van der Waals surface area contributed by atoms with Gasteiger partial charge >= 0.3 is 0 Å². The summed E-state index contributed by atoms with van der Waals surface area (Å²) in [5.41, 5.74) is 2.39. The lowest BCUT2D eigenvalue weighted by Crippen LogP contribution is -2.17. The molecule has 1 saturated heterocycles. The molecule has 22 heavy (non-hydrogen) atoms. The van der Waals surface area contributed by atoms with Crippen LogP contribution in [0.3, 0.4) is 0 Å². The molecular formula is C17H18N2O3. The number of amides is 1. The third-order valence-corrected chi connectivity index (χ3v) is 3.45. The molecule has 3 rings (SSSR count). The molecule has 1 amide bonds. The number of aryl methyl sites for hydroxylation is 1. The van der Waals surface area contributed by atoms with Crippen LogP contribution in [0.1, 0.15) is 22.3 Å². The van der Waals surface area contributed by atoms with Gasteiger partial charge in [0.2, 0.25) is 5.88 Å². The van der Waals surface area contributed by atoms with E-state index in [4.69, 9.17) is 9.47 Å². The molecule has 5 nitrogen and oxygen atoms in total. The van der Waals surface area contributed by atoms with Gasteiger partial charge in [0.15, 0.2) is 0 Å². The van der Waals surface area contributed by atoms with Gasteiger partial charge in [-0.2, -0.15) is 0 Å². The van der Waals surface area contributed by atoms with E-state index in [1.807, 2.05) is 31.2 Å². The Bertz CT molecular complexity index is 666. The minimum atomic E-state index is -0.180. The maximum atomic E-state index is 12.3. The molecule has 0 saturated carbocycles. The number of aromatic nitrogens is 1. The van der Waals surface area contributed by atoms with Crippen molar-refractivity contribution in [2.24, 2.45) is 0 Å². The van der Waals surface area contributed by atoms with E-state index in [1.165, 1.54) is 0 Å². The molecule has 0 aliphatic carbocycles. The number of benzene rings is 1.